The normalized spacial score (nSPS) is 18.9. The highest BCUT2D eigenvalue weighted by atomic mass is 35.5. The molecule has 2 aliphatic heterocycles. The molecule has 10 heteroatoms. The maximum atomic E-state index is 12.8. The van der Waals surface area contributed by atoms with Crippen LogP contribution in [-0.2, 0) is 22.7 Å². The number of halogens is 1. The van der Waals surface area contributed by atoms with E-state index in [4.69, 9.17) is 11.6 Å². The molecule has 3 amide bonds. The summed E-state index contributed by atoms with van der Waals surface area (Å²) in [6, 6.07) is 11.8. The molecule has 3 heterocycles. The first-order valence-corrected chi connectivity index (χ1v) is 10.9. The van der Waals surface area contributed by atoms with Gasteiger partial charge in [0, 0.05) is 23.6 Å². The van der Waals surface area contributed by atoms with Crippen LogP contribution in [0.15, 0.2) is 48.7 Å². The smallest absolute Gasteiger partial charge is 0.255 e. The van der Waals surface area contributed by atoms with Gasteiger partial charge in [-0.05, 0) is 41.3 Å². The predicted octanol–water partition coefficient (Wildman–Crippen LogP) is 1.82. The van der Waals surface area contributed by atoms with Crippen LogP contribution in [0.3, 0.4) is 0 Å². The standard InChI is InChI=1S/C23H20ClN5O4/c24-16-4-1-13(2-5-16)10-28-12-18(26-27-28)21(31)14-3-6-17-15(9-14)11-29(23(17)33)19-7-8-20(30)25-22(19)32/h1-6,9,12,19,21,31H,7-8,10-11H2,(H,25,30,32). The van der Waals surface area contributed by atoms with Gasteiger partial charge in [0.2, 0.25) is 11.8 Å². The van der Waals surface area contributed by atoms with Crippen LogP contribution in [0.1, 0.15) is 51.7 Å². The number of aliphatic hydroxyl groups excluding tert-OH is 1. The fourth-order valence-electron chi connectivity index (χ4n) is 4.23. The maximum Gasteiger partial charge on any atom is 0.255 e. The summed E-state index contributed by atoms with van der Waals surface area (Å²) in [7, 11) is 0. The number of amides is 3. The molecule has 1 saturated heterocycles. The van der Waals surface area contributed by atoms with Crippen molar-refractivity contribution in [3.05, 3.63) is 81.6 Å². The Morgan fingerprint density at radius 1 is 1.15 bits per heavy atom. The summed E-state index contributed by atoms with van der Waals surface area (Å²) in [4.78, 5) is 37.9. The Hall–Kier alpha value is -3.56. The SMILES string of the molecule is O=C1CCC(N2Cc3cc(C(O)c4cn(Cc5ccc(Cl)cc5)nn4)ccc3C2=O)C(=O)N1. The minimum atomic E-state index is -1.02. The Bertz CT molecular complexity index is 1260. The molecule has 2 aromatic carbocycles. The quantitative estimate of drug-likeness (QED) is 0.555. The summed E-state index contributed by atoms with van der Waals surface area (Å²) in [5, 5.41) is 22.0. The summed E-state index contributed by atoms with van der Waals surface area (Å²) >= 11 is 5.92. The molecule has 5 rings (SSSR count). The van der Waals surface area contributed by atoms with Gasteiger partial charge >= 0.3 is 0 Å². The number of imide groups is 1. The lowest BCUT2D eigenvalue weighted by Gasteiger charge is -2.29. The Morgan fingerprint density at radius 3 is 2.70 bits per heavy atom. The van der Waals surface area contributed by atoms with Crippen molar-refractivity contribution >= 4 is 29.3 Å². The van der Waals surface area contributed by atoms with Crippen LogP contribution < -0.4 is 5.32 Å². The van der Waals surface area contributed by atoms with Gasteiger partial charge in [-0.3, -0.25) is 19.7 Å². The van der Waals surface area contributed by atoms with E-state index in [1.807, 2.05) is 12.1 Å². The Morgan fingerprint density at radius 2 is 1.94 bits per heavy atom. The summed E-state index contributed by atoms with van der Waals surface area (Å²) in [6.45, 7) is 0.723. The molecule has 168 valence electrons. The molecule has 0 spiro atoms. The number of hydrogen-bond donors (Lipinski definition) is 2. The summed E-state index contributed by atoms with van der Waals surface area (Å²) in [5.74, 6) is -1.03. The number of piperidine rings is 1. The van der Waals surface area contributed by atoms with Crippen molar-refractivity contribution in [2.75, 3.05) is 0 Å². The lowest BCUT2D eigenvalue weighted by molar-refractivity contribution is -0.136. The second-order valence-corrected chi connectivity index (χ2v) is 8.62. The van der Waals surface area contributed by atoms with E-state index in [1.165, 1.54) is 4.90 Å². The fraction of sp³-hybridized carbons (Fsp3) is 0.261. The van der Waals surface area contributed by atoms with E-state index < -0.39 is 18.1 Å². The molecular weight excluding hydrogens is 446 g/mol. The van der Waals surface area contributed by atoms with Crippen LogP contribution in [0.5, 0.6) is 0 Å². The minimum absolute atomic E-state index is 0.201. The molecule has 2 N–H and O–H groups in total. The zero-order valence-electron chi connectivity index (χ0n) is 17.4. The van der Waals surface area contributed by atoms with E-state index in [0.29, 0.717) is 34.8 Å². The topological polar surface area (TPSA) is 117 Å². The largest absolute Gasteiger partial charge is 0.382 e. The Labute approximate surface area is 194 Å². The van der Waals surface area contributed by atoms with E-state index in [2.05, 4.69) is 15.6 Å². The van der Waals surface area contributed by atoms with E-state index >= 15 is 0 Å². The monoisotopic (exact) mass is 465 g/mol. The third-order valence-corrected chi connectivity index (χ3v) is 6.21. The van der Waals surface area contributed by atoms with Crippen LogP contribution in [0, 0.1) is 0 Å². The zero-order chi connectivity index (χ0) is 23.1. The summed E-state index contributed by atoms with van der Waals surface area (Å²) in [5.41, 5.74) is 3.16. The average Bonchev–Trinajstić information content (AvgIpc) is 3.39. The molecule has 33 heavy (non-hydrogen) atoms. The van der Waals surface area contributed by atoms with E-state index in [0.717, 1.165) is 11.1 Å². The number of aromatic nitrogens is 3. The van der Waals surface area contributed by atoms with Gasteiger partial charge < -0.3 is 10.0 Å². The lowest BCUT2D eigenvalue weighted by atomic mass is 10.0. The van der Waals surface area contributed by atoms with E-state index in [1.54, 1.807) is 41.2 Å². The van der Waals surface area contributed by atoms with Gasteiger partial charge in [0.1, 0.15) is 17.8 Å². The second-order valence-electron chi connectivity index (χ2n) is 8.19. The highest BCUT2D eigenvalue weighted by molar-refractivity contribution is 6.30. The number of rotatable bonds is 5. The van der Waals surface area contributed by atoms with Crippen LogP contribution in [0.25, 0.3) is 0 Å². The Kier molecular flexibility index (Phi) is 5.43. The van der Waals surface area contributed by atoms with Gasteiger partial charge in [-0.1, -0.05) is 41.1 Å². The van der Waals surface area contributed by atoms with Crippen LogP contribution >= 0.6 is 11.6 Å². The van der Waals surface area contributed by atoms with E-state index in [-0.39, 0.29) is 24.8 Å². The van der Waals surface area contributed by atoms with Gasteiger partial charge in [0.05, 0.1) is 12.7 Å². The van der Waals surface area contributed by atoms with Gasteiger partial charge in [-0.25, -0.2) is 4.68 Å². The number of aliphatic hydroxyl groups is 1. The third kappa shape index (κ3) is 4.12. The number of nitrogens with zero attached hydrogens (tertiary/aromatic N) is 4. The van der Waals surface area contributed by atoms with Crippen molar-refractivity contribution in [1.29, 1.82) is 0 Å². The predicted molar refractivity (Wildman–Crippen MR) is 117 cm³/mol. The molecule has 9 nitrogen and oxygen atoms in total. The lowest BCUT2D eigenvalue weighted by Crippen LogP contribution is -2.52. The first-order valence-electron chi connectivity index (χ1n) is 10.5. The van der Waals surface area contributed by atoms with Gasteiger partial charge in [-0.2, -0.15) is 0 Å². The van der Waals surface area contributed by atoms with Crippen molar-refractivity contribution < 1.29 is 19.5 Å². The third-order valence-electron chi connectivity index (χ3n) is 5.96. The number of fused-ring (bicyclic) bond motifs is 1. The average molecular weight is 466 g/mol. The first kappa shape index (κ1) is 21.3. The molecule has 0 aliphatic carbocycles. The number of carbonyl (C=O) groups is 3. The maximum absolute atomic E-state index is 12.8. The number of benzene rings is 2. The van der Waals surface area contributed by atoms with Gasteiger partial charge in [-0.15, -0.1) is 5.10 Å². The van der Waals surface area contributed by atoms with Crippen molar-refractivity contribution in [3.8, 4) is 0 Å². The minimum Gasteiger partial charge on any atom is -0.382 e. The zero-order valence-corrected chi connectivity index (χ0v) is 18.2. The molecule has 3 aromatic rings. The summed E-state index contributed by atoms with van der Waals surface area (Å²) in [6.07, 6.45) is 1.16. The van der Waals surface area contributed by atoms with Crippen molar-refractivity contribution in [3.63, 3.8) is 0 Å². The summed E-state index contributed by atoms with van der Waals surface area (Å²) < 4.78 is 1.63. The number of nitrogens with one attached hydrogen (secondary N) is 1. The first-order chi connectivity index (χ1) is 15.9. The molecular formula is C23H20ClN5O4. The fourth-order valence-corrected chi connectivity index (χ4v) is 4.35. The number of hydrogen-bond acceptors (Lipinski definition) is 6. The number of carbonyl (C=O) groups excluding carboxylic acids is 3. The Balaban J connectivity index is 1.32. The van der Waals surface area contributed by atoms with Crippen LogP contribution in [-0.4, -0.2) is 48.8 Å². The molecule has 0 saturated carbocycles. The van der Waals surface area contributed by atoms with Crippen molar-refractivity contribution in [2.24, 2.45) is 0 Å². The molecule has 2 unspecified atom stereocenters. The molecule has 2 aliphatic rings. The van der Waals surface area contributed by atoms with Crippen molar-refractivity contribution in [1.82, 2.24) is 25.2 Å². The molecule has 0 radical (unpaired) electrons. The van der Waals surface area contributed by atoms with Gasteiger partial charge in [0.15, 0.2) is 0 Å². The van der Waals surface area contributed by atoms with Crippen LogP contribution in [0.2, 0.25) is 5.02 Å². The molecule has 1 fully saturated rings. The second kappa shape index (κ2) is 8.42. The molecule has 1 aromatic heterocycles. The highest BCUT2D eigenvalue weighted by Crippen LogP contribution is 2.31. The van der Waals surface area contributed by atoms with Crippen molar-refractivity contribution in [2.45, 2.75) is 38.1 Å². The molecule has 0 bridgehead atoms. The molecule has 2 atom stereocenters. The van der Waals surface area contributed by atoms with E-state index in [9.17, 15) is 19.5 Å². The van der Waals surface area contributed by atoms with Gasteiger partial charge in [0.25, 0.3) is 5.91 Å². The van der Waals surface area contributed by atoms with Crippen LogP contribution in [0.4, 0.5) is 0 Å². The highest BCUT2D eigenvalue weighted by Gasteiger charge is 2.39.